The van der Waals surface area contributed by atoms with Crippen LogP contribution in [0.1, 0.15) is 39.5 Å². The van der Waals surface area contributed by atoms with Gasteiger partial charge in [0.25, 0.3) is 0 Å². The summed E-state index contributed by atoms with van der Waals surface area (Å²) in [7, 11) is 1.81. The molecule has 1 aliphatic carbocycles. The summed E-state index contributed by atoms with van der Waals surface area (Å²) in [5, 5.41) is 6.69. The highest BCUT2D eigenvalue weighted by Crippen LogP contribution is 2.42. The van der Waals surface area contributed by atoms with Gasteiger partial charge >= 0.3 is 0 Å². The van der Waals surface area contributed by atoms with Crippen LogP contribution in [0.5, 0.6) is 0 Å². The summed E-state index contributed by atoms with van der Waals surface area (Å²) >= 11 is 0. The van der Waals surface area contributed by atoms with Gasteiger partial charge < -0.3 is 15.4 Å². The number of ether oxygens (including phenoxy) is 1. The van der Waals surface area contributed by atoms with Crippen molar-refractivity contribution in [2.45, 2.75) is 39.5 Å². The predicted molar refractivity (Wildman–Crippen MR) is 72.4 cm³/mol. The van der Waals surface area contributed by atoms with Gasteiger partial charge in [0.2, 0.25) is 0 Å². The molecule has 0 aromatic rings. The maximum atomic E-state index is 5.28. The molecule has 1 aliphatic rings. The fourth-order valence-electron chi connectivity index (χ4n) is 2.21. The van der Waals surface area contributed by atoms with E-state index in [-0.39, 0.29) is 0 Å². The molecular weight excluding hydrogens is 214 g/mol. The Hall–Kier alpha value is -0.770. The van der Waals surface area contributed by atoms with Gasteiger partial charge in [-0.25, -0.2) is 0 Å². The Morgan fingerprint density at radius 1 is 1.29 bits per heavy atom. The SMILES string of the molecule is CCOCCNC(=NC)NCC1(CC)CCC1. The molecule has 17 heavy (non-hydrogen) atoms. The Bertz CT molecular complexity index is 231. The van der Waals surface area contributed by atoms with E-state index in [1.165, 1.54) is 25.7 Å². The van der Waals surface area contributed by atoms with Crippen molar-refractivity contribution in [2.75, 3.05) is 33.4 Å². The zero-order chi connectivity index (χ0) is 12.6. The van der Waals surface area contributed by atoms with Gasteiger partial charge in [-0.2, -0.15) is 0 Å². The molecule has 1 rings (SSSR count). The van der Waals surface area contributed by atoms with Crippen molar-refractivity contribution < 1.29 is 4.74 Å². The second-order valence-electron chi connectivity index (χ2n) is 4.76. The molecular formula is C13H27N3O. The van der Waals surface area contributed by atoms with Crippen LogP contribution >= 0.6 is 0 Å². The van der Waals surface area contributed by atoms with E-state index in [9.17, 15) is 0 Å². The lowest BCUT2D eigenvalue weighted by molar-refractivity contribution is 0.131. The summed E-state index contributed by atoms with van der Waals surface area (Å²) in [6.45, 7) is 7.65. The Kier molecular flexibility index (Phi) is 6.34. The van der Waals surface area contributed by atoms with E-state index in [1.54, 1.807) is 0 Å². The van der Waals surface area contributed by atoms with Crippen molar-refractivity contribution in [1.29, 1.82) is 0 Å². The third kappa shape index (κ3) is 4.54. The molecule has 1 fully saturated rings. The monoisotopic (exact) mass is 241 g/mol. The molecule has 4 heteroatoms. The molecule has 0 unspecified atom stereocenters. The summed E-state index contributed by atoms with van der Waals surface area (Å²) in [6, 6.07) is 0. The third-order valence-corrected chi connectivity index (χ3v) is 3.76. The summed E-state index contributed by atoms with van der Waals surface area (Å²) in [6.07, 6.45) is 5.35. The van der Waals surface area contributed by atoms with Gasteiger partial charge in [-0.05, 0) is 31.6 Å². The number of nitrogens with zero attached hydrogens (tertiary/aromatic N) is 1. The van der Waals surface area contributed by atoms with E-state index < -0.39 is 0 Å². The van der Waals surface area contributed by atoms with Crippen molar-refractivity contribution in [1.82, 2.24) is 10.6 Å². The smallest absolute Gasteiger partial charge is 0.191 e. The maximum Gasteiger partial charge on any atom is 0.191 e. The summed E-state index contributed by atoms with van der Waals surface area (Å²) in [5.74, 6) is 0.893. The van der Waals surface area contributed by atoms with Crippen LogP contribution in [-0.4, -0.2) is 39.3 Å². The lowest BCUT2D eigenvalue weighted by atomic mass is 9.67. The normalized spacial score (nSPS) is 18.6. The second kappa shape index (κ2) is 7.54. The fraction of sp³-hybridized carbons (Fsp3) is 0.923. The molecule has 0 aromatic carbocycles. The Morgan fingerprint density at radius 2 is 2.06 bits per heavy atom. The molecule has 0 atom stereocenters. The summed E-state index contributed by atoms with van der Waals surface area (Å²) in [5.41, 5.74) is 0.525. The minimum absolute atomic E-state index is 0.525. The zero-order valence-electron chi connectivity index (χ0n) is 11.5. The van der Waals surface area contributed by atoms with E-state index in [4.69, 9.17) is 4.74 Å². The van der Waals surface area contributed by atoms with E-state index in [0.717, 1.165) is 32.3 Å². The van der Waals surface area contributed by atoms with Crippen LogP contribution < -0.4 is 10.6 Å². The van der Waals surface area contributed by atoms with Crippen LogP contribution in [0.4, 0.5) is 0 Å². The quantitative estimate of drug-likeness (QED) is 0.406. The van der Waals surface area contributed by atoms with Crippen molar-refractivity contribution in [2.24, 2.45) is 10.4 Å². The molecule has 0 aromatic heterocycles. The van der Waals surface area contributed by atoms with Gasteiger partial charge in [0.15, 0.2) is 5.96 Å². The number of rotatable bonds is 7. The number of hydrogen-bond acceptors (Lipinski definition) is 2. The highest BCUT2D eigenvalue weighted by atomic mass is 16.5. The van der Waals surface area contributed by atoms with E-state index in [0.29, 0.717) is 5.41 Å². The number of hydrogen-bond donors (Lipinski definition) is 2. The molecule has 4 nitrogen and oxygen atoms in total. The standard InChI is InChI=1S/C13H27N3O/c1-4-13(7-6-8-13)11-16-12(14-3)15-9-10-17-5-2/h4-11H2,1-3H3,(H2,14,15,16). The first kappa shape index (κ1) is 14.3. The first-order valence-electron chi connectivity index (χ1n) is 6.78. The van der Waals surface area contributed by atoms with Gasteiger partial charge in [0.05, 0.1) is 6.61 Å². The lowest BCUT2D eigenvalue weighted by Gasteiger charge is -2.41. The summed E-state index contributed by atoms with van der Waals surface area (Å²) in [4.78, 5) is 4.22. The molecule has 0 saturated heterocycles. The maximum absolute atomic E-state index is 5.28. The molecule has 2 N–H and O–H groups in total. The van der Waals surface area contributed by atoms with Crippen LogP contribution in [0.15, 0.2) is 4.99 Å². The molecule has 100 valence electrons. The molecule has 0 spiro atoms. The second-order valence-corrected chi connectivity index (χ2v) is 4.76. The van der Waals surface area contributed by atoms with Crippen LogP contribution in [0.2, 0.25) is 0 Å². The minimum Gasteiger partial charge on any atom is -0.380 e. The zero-order valence-corrected chi connectivity index (χ0v) is 11.5. The molecule has 1 saturated carbocycles. The summed E-state index contributed by atoms with van der Waals surface area (Å²) < 4.78 is 5.28. The van der Waals surface area contributed by atoms with Crippen molar-refractivity contribution in [3.05, 3.63) is 0 Å². The van der Waals surface area contributed by atoms with E-state index in [1.807, 2.05) is 14.0 Å². The Labute approximate surface area is 105 Å². The Morgan fingerprint density at radius 3 is 2.53 bits per heavy atom. The minimum atomic E-state index is 0.525. The van der Waals surface area contributed by atoms with Crippen LogP contribution in [0.3, 0.4) is 0 Å². The number of guanidine groups is 1. The first-order valence-corrected chi connectivity index (χ1v) is 6.78. The van der Waals surface area contributed by atoms with Crippen LogP contribution in [0.25, 0.3) is 0 Å². The highest BCUT2D eigenvalue weighted by molar-refractivity contribution is 5.79. The molecule has 0 heterocycles. The van der Waals surface area contributed by atoms with Crippen molar-refractivity contribution >= 4 is 5.96 Å². The molecule has 0 bridgehead atoms. The Balaban J connectivity index is 2.18. The number of nitrogens with one attached hydrogen (secondary N) is 2. The topological polar surface area (TPSA) is 45.6 Å². The fourth-order valence-corrected chi connectivity index (χ4v) is 2.21. The lowest BCUT2D eigenvalue weighted by Crippen LogP contribution is -2.46. The van der Waals surface area contributed by atoms with Crippen molar-refractivity contribution in [3.63, 3.8) is 0 Å². The average Bonchev–Trinajstić information content (AvgIpc) is 2.31. The van der Waals surface area contributed by atoms with E-state index >= 15 is 0 Å². The predicted octanol–water partition coefficient (Wildman–Crippen LogP) is 1.77. The van der Waals surface area contributed by atoms with Gasteiger partial charge in [-0.1, -0.05) is 13.3 Å². The van der Waals surface area contributed by atoms with E-state index in [2.05, 4.69) is 22.5 Å². The van der Waals surface area contributed by atoms with Gasteiger partial charge in [0.1, 0.15) is 0 Å². The van der Waals surface area contributed by atoms with Crippen molar-refractivity contribution in [3.8, 4) is 0 Å². The highest BCUT2D eigenvalue weighted by Gasteiger charge is 2.34. The largest absolute Gasteiger partial charge is 0.380 e. The van der Waals surface area contributed by atoms with Gasteiger partial charge in [0, 0.05) is 26.7 Å². The van der Waals surface area contributed by atoms with Crippen LogP contribution in [0, 0.1) is 5.41 Å². The number of aliphatic imine (C=N–C) groups is 1. The van der Waals surface area contributed by atoms with Gasteiger partial charge in [-0.3, -0.25) is 4.99 Å². The molecule has 0 amide bonds. The average molecular weight is 241 g/mol. The van der Waals surface area contributed by atoms with Gasteiger partial charge in [-0.15, -0.1) is 0 Å². The molecule has 0 aliphatic heterocycles. The third-order valence-electron chi connectivity index (χ3n) is 3.76. The molecule has 0 radical (unpaired) electrons. The first-order chi connectivity index (χ1) is 8.26. The van der Waals surface area contributed by atoms with Crippen LogP contribution in [-0.2, 0) is 4.74 Å².